The van der Waals surface area contributed by atoms with Crippen molar-refractivity contribution in [2.75, 3.05) is 0 Å². The molecule has 2 nitrogen and oxygen atoms in total. The van der Waals surface area contributed by atoms with Gasteiger partial charge in [-0.2, -0.15) is 10.2 Å². The van der Waals surface area contributed by atoms with E-state index in [2.05, 4.69) is 104 Å². The minimum Gasteiger partial charge on any atom is -0.159 e. The van der Waals surface area contributed by atoms with Gasteiger partial charge in [0, 0.05) is 0 Å². The van der Waals surface area contributed by atoms with Crippen LogP contribution in [0.4, 0.5) is 5.69 Å². The molecule has 0 aliphatic rings. The highest BCUT2D eigenvalue weighted by Crippen LogP contribution is 2.29. The van der Waals surface area contributed by atoms with Crippen LogP contribution in [-0.4, -0.2) is 0 Å². The number of aryl methyl sites for hydroxylation is 3. The summed E-state index contributed by atoms with van der Waals surface area (Å²) in [5, 5.41) is 9.05. The van der Waals surface area contributed by atoms with Gasteiger partial charge < -0.3 is 0 Å². The van der Waals surface area contributed by atoms with Crippen molar-refractivity contribution in [2.45, 2.75) is 117 Å². The molecule has 3 aromatic rings. The Balaban J connectivity index is 1.70. The predicted molar refractivity (Wildman–Crippen MR) is 175 cm³/mol. The van der Waals surface area contributed by atoms with Gasteiger partial charge in [0.15, 0.2) is 0 Å². The van der Waals surface area contributed by atoms with Crippen molar-refractivity contribution in [3.63, 3.8) is 0 Å². The molecule has 0 aliphatic carbocycles. The Morgan fingerprint density at radius 2 is 1.20 bits per heavy atom. The summed E-state index contributed by atoms with van der Waals surface area (Å²) >= 11 is 0. The summed E-state index contributed by atoms with van der Waals surface area (Å²) in [6.07, 6.45) is 22.9. The van der Waals surface area contributed by atoms with E-state index in [1.807, 2.05) is 6.20 Å². The summed E-state index contributed by atoms with van der Waals surface area (Å²) < 4.78 is 0. The zero-order valence-corrected chi connectivity index (χ0v) is 25.5. The first-order valence-electron chi connectivity index (χ1n) is 16.1. The topological polar surface area (TPSA) is 24.7 Å². The Labute approximate surface area is 245 Å². The second-order valence-corrected chi connectivity index (χ2v) is 11.3. The van der Waals surface area contributed by atoms with Gasteiger partial charge in [0.05, 0.1) is 11.9 Å². The molecule has 2 heteroatoms. The lowest BCUT2D eigenvalue weighted by Gasteiger charge is -2.11. The van der Waals surface area contributed by atoms with Gasteiger partial charge in [-0.3, -0.25) is 0 Å². The van der Waals surface area contributed by atoms with Gasteiger partial charge in [-0.25, -0.2) is 0 Å². The molecule has 0 aliphatic heterocycles. The van der Waals surface area contributed by atoms with E-state index in [1.54, 1.807) is 0 Å². The highest BCUT2D eigenvalue weighted by Gasteiger charge is 2.07. The Kier molecular flexibility index (Phi) is 15.1. The molecular weight excluding hydrogens is 484 g/mol. The molecule has 0 saturated carbocycles. The smallest absolute Gasteiger partial charge is 0.0860 e. The van der Waals surface area contributed by atoms with E-state index < -0.39 is 0 Å². The van der Waals surface area contributed by atoms with Crippen molar-refractivity contribution in [3.8, 4) is 11.1 Å². The number of hydrogen-bond donors (Lipinski definition) is 0. The molecule has 0 atom stereocenters. The van der Waals surface area contributed by atoms with Gasteiger partial charge in [-0.05, 0) is 90.1 Å². The zero-order chi connectivity index (χ0) is 28.3. The Bertz CT molecular complexity index is 1160. The van der Waals surface area contributed by atoms with Crippen LogP contribution in [0.1, 0.15) is 120 Å². The van der Waals surface area contributed by atoms with Gasteiger partial charge in [-0.1, -0.05) is 133 Å². The van der Waals surface area contributed by atoms with E-state index >= 15 is 0 Å². The van der Waals surface area contributed by atoms with E-state index in [9.17, 15) is 0 Å². The van der Waals surface area contributed by atoms with Gasteiger partial charge in [0.1, 0.15) is 0 Å². The predicted octanol–water partition coefficient (Wildman–Crippen LogP) is 12.5. The van der Waals surface area contributed by atoms with E-state index in [4.69, 9.17) is 0 Å². The van der Waals surface area contributed by atoms with E-state index in [0.29, 0.717) is 0 Å². The minimum atomic E-state index is 0.929. The van der Waals surface area contributed by atoms with E-state index in [0.717, 1.165) is 24.9 Å². The summed E-state index contributed by atoms with van der Waals surface area (Å²) in [6, 6.07) is 24.4. The van der Waals surface area contributed by atoms with Crippen LogP contribution in [0.2, 0.25) is 0 Å². The largest absolute Gasteiger partial charge is 0.159 e. The van der Waals surface area contributed by atoms with Crippen LogP contribution in [0, 0.1) is 0 Å². The third kappa shape index (κ3) is 11.6. The van der Waals surface area contributed by atoms with Crippen molar-refractivity contribution in [3.05, 3.63) is 95.2 Å². The van der Waals surface area contributed by atoms with Crippen LogP contribution in [0.3, 0.4) is 0 Å². The lowest BCUT2D eigenvalue weighted by molar-refractivity contribution is 0.608. The Morgan fingerprint density at radius 3 is 1.93 bits per heavy atom. The standard InChI is InChI=1S/C38H52N2/c1-4-7-10-12-13-16-23-36-31-37(24-25-38(36)35-21-17-14-18-22-35)40-39-27-26-34-29-32(19-9-6-3)28-33(30-34)20-15-11-8-5-2/h14,17-18,21-22,24-31H,4-13,15-16,19-20,23H2,1-3H3. The third-order valence-electron chi connectivity index (χ3n) is 7.69. The number of rotatable bonds is 19. The quantitative estimate of drug-likeness (QED) is 0.107. The monoisotopic (exact) mass is 536 g/mol. The van der Waals surface area contributed by atoms with Gasteiger partial charge in [0.25, 0.3) is 0 Å². The van der Waals surface area contributed by atoms with Crippen LogP contribution < -0.4 is 0 Å². The molecule has 0 bridgehead atoms. The molecule has 0 heterocycles. The summed E-state index contributed by atoms with van der Waals surface area (Å²) in [6.45, 7) is 6.82. The summed E-state index contributed by atoms with van der Waals surface area (Å²) in [4.78, 5) is 0. The zero-order valence-electron chi connectivity index (χ0n) is 25.5. The van der Waals surface area contributed by atoms with Crippen molar-refractivity contribution in [2.24, 2.45) is 10.2 Å². The summed E-state index contributed by atoms with van der Waals surface area (Å²) in [5.41, 5.74) is 9.04. The lowest BCUT2D eigenvalue weighted by Crippen LogP contribution is -1.92. The fraction of sp³-hybridized carbons (Fsp3) is 0.474. The van der Waals surface area contributed by atoms with Gasteiger partial charge >= 0.3 is 0 Å². The molecule has 3 aromatic carbocycles. The average Bonchev–Trinajstić information content (AvgIpc) is 2.99. The average molecular weight is 537 g/mol. The first kappa shape index (κ1) is 31.5. The van der Waals surface area contributed by atoms with Crippen molar-refractivity contribution >= 4 is 11.8 Å². The Morgan fingerprint density at radius 1 is 0.575 bits per heavy atom. The first-order chi connectivity index (χ1) is 19.7. The van der Waals surface area contributed by atoms with E-state index in [-0.39, 0.29) is 0 Å². The molecule has 0 fully saturated rings. The molecule has 0 spiro atoms. The van der Waals surface area contributed by atoms with Crippen LogP contribution in [-0.2, 0) is 19.3 Å². The van der Waals surface area contributed by atoms with Crippen LogP contribution in [0.15, 0.2) is 83.2 Å². The summed E-state index contributed by atoms with van der Waals surface area (Å²) in [7, 11) is 0. The second kappa shape index (κ2) is 19.1. The molecule has 0 amide bonds. The van der Waals surface area contributed by atoms with Crippen molar-refractivity contribution in [1.29, 1.82) is 0 Å². The molecule has 0 aromatic heterocycles. The minimum absolute atomic E-state index is 0.929. The molecule has 3 rings (SSSR count). The van der Waals surface area contributed by atoms with Crippen LogP contribution >= 0.6 is 0 Å². The molecular formula is C38H52N2. The molecule has 0 radical (unpaired) electrons. The number of azo groups is 1. The molecule has 0 saturated heterocycles. The fourth-order valence-electron chi connectivity index (χ4n) is 5.38. The second-order valence-electron chi connectivity index (χ2n) is 11.3. The number of unbranched alkanes of at least 4 members (excludes halogenated alkanes) is 9. The lowest BCUT2D eigenvalue weighted by atomic mass is 9.95. The van der Waals surface area contributed by atoms with Crippen LogP contribution in [0.5, 0.6) is 0 Å². The highest BCUT2D eigenvalue weighted by atomic mass is 15.1. The molecule has 214 valence electrons. The van der Waals surface area contributed by atoms with Crippen LogP contribution in [0.25, 0.3) is 17.2 Å². The maximum absolute atomic E-state index is 4.59. The summed E-state index contributed by atoms with van der Waals surface area (Å²) in [5.74, 6) is 0. The maximum atomic E-state index is 4.59. The molecule has 0 N–H and O–H groups in total. The number of hydrogen-bond acceptors (Lipinski definition) is 2. The number of benzene rings is 3. The number of nitrogens with zero attached hydrogens (tertiary/aromatic N) is 2. The van der Waals surface area contributed by atoms with Gasteiger partial charge in [-0.15, -0.1) is 0 Å². The van der Waals surface area contributed by atoms with Gasteiger partial charge in [0.2, 0.25) is 0 Å². The normalized spacial score (nSPS) is 11.7. The Hall–Kier alpha value is -3.00. The van der Waals surface area contributed by atoms with Crippen molar-refractivity contribution < 1.29 is 0 Å². The SMILES string of the molecule is CCCCCCCCc1cc(N=NC=Cc2cc(CCCC)cc(CCCCCC)c2)ccc1-c1ccccc1. The highest BCUT2D eigenvalue weighted by molar-refractivity contribution is 5.69. The molecule has 0 unspecified atom stereocenters. The third-order valence-corrected chi connectivity index (χ3v) is 7.69. The molecule has 40 heavy (non-hydrogen) atoms. The van der Waals surface area contributed by atoms with E-state index in [1.165, 1.54) is 110 Å². The first-order valence-corrected chi connectivity index (χ1v) is 16.1. The fourth-order valence-corrected chi connectivity index (χ4v) is 5.38. The maximum Gasteiger partial charge on any atom is 0.0860 e. The van der Waals surface area contributed by atoms with Crippen molar-refractivity contribution in [1.82, 2.24) is 0 Å².